The van der Waals surface area contributed by atoms with Crippen molar-refractivity contribution < 1.29 is 42.9 Å². The van der Waals surface area contributed by atoms with Crippen LogP contribution in [0.2, 0.25) is 0 Å². The van der Waals surface area contributed by atoms with Crippen LogP contribution in [0.4, 0.5) is 9.59 Å². The second kappa shape index (κ2) is 12.7. The number of ether oxygens (including phenoxy) is 5. The number of alkyl carbamates (subject to hydrolysis) is 1. The topological polar surface area (TPSA) is 133 Å². The molecule has 3 heterocycles. The third-order valence-corrected chi connectivity index (χ3v) is 7.41. The molecule has 1 N–H and O–H groups in total. The lowest BCUT2D eigenvalue weighted by molar-refractivity contribution is -0.152. The van der Waals surface area contributed by atoms with Gasteiger partial charge in [0.2, 0.25) is 5.91 Å². The summed E-state index contributed by atoms with van der Waals surface area (Å²) in [6.07, 6.45) is 3.05. The van der Waals surface area contributed by atoms with E-state index >= 15 is 0 Å². The number of rotatable bonds is 2. The number of cyclic esters (lactones) is 1. The SMILES string of the molecule is COC(=O)C1C[C@@H]2CN1C(=O)[C@H](C(C)(C)C)NC(=O)OCCCC=CCOc1c(OC)ccc3c1CN(C3)C(=O)O2. The molecule has 4 rings (SSSR count). The van der Waals surface area contributed by atoms with Crippen LogP contribution in [-0.2, 0) is 36.9 Å². The zero-order valence-corrected chi connectivity index (χ0v) is 24.3. The first-order valence-electron chi connectivity index (χ1n) is 13.8. The van der Waals surface area contributed by atoms with E-state index in [1.54, 1.807) is 38.8 Å². The lowest BCUT2D eigenvalue weighted by atomic mass is 9.85. The summed E-state index contributed by atoms with van der Waals surface area (Å²) in [7, 11) is 2.80. The molecule has 0 radical (unpaired) electrons. The Bertz CT molecular complexity index is 1190. The van der Waals surface area contributed by atoms with Gasteiger partial charge in [-0.2, -0.15) is 0 Å². The molecule has 1 aromatic carbocycles. The summed E-state index contributed by atoms with van der Waals surface area (Å²) in [6.45, 7) is 6.42. The first-order chi connectivity index (χ1) is 19.5. The number of hydrogen-bond acceptors (Lipinski definition) is 9. The normalized spacial score (nSPS) is 24.0. The highest BCUT2D eigenvalue weighted by molar-refractivity contribution is 5.91. The van der Waals surface area contributed by atoms with Gasteiger partial charge in [-0.25, -0.2) is 14.4 Å². The van der Waals surface area contributed by atoms with Crippen LogP contribution in [0.5, 0.6) is 11.5 Å². The molecular weight excluding hydrogens is 534 g/mol. The Labute approximate surface area is 239 Å². The van der Waals surface area contributed by atoms with E-state index in [1.807, 2.05) is 18.2 Å². The number of nitrogens with zero attached hydrogens (tertiary/aromatic N) is 2. The average Bonchev–Trinajstić information content (AvgIpc) is 3.56. The minimum absolute atomic E-state index is 0.0255. The largest absolute Gasteiger partial charge is 0.493 e. The number of hydrogen-bond donors (Lipinski definition) is 1. The van der Waals surface area contributed by atoms with Gasteiger partial charge in [0.15, 0.2) is 11.5 Å². The van der Waals surface area contributed by atoms with Gasteiger partial charge in [0, 0.05) is 18.5 Å². The summed E-state index contributed by atoms with van der Waals surface area (Å²) in [4.78, 5) is 55.2. The quantitative estimate of drug-likeness (QED) is 0.322. The third-order valence-electron chi connectivity index (χ3n) is 7.41. The van der Waals surface area contributed by atoms with Crippen molar-refractivity contribution in [3.63, 3.8) is 0 Å². The molecule has 0 aromatic heterocycles. The van der Waals surface area contributed by atoms with Crippen molar-refractivity contribution in [1.82, 2.24) is 15.1 Å². The second-order valence-corrected chi connectivity index (χ2v) is 11.4. The lowest BCUT2D eigenvalue weighted by Gasteiger charge is -2.34. The van der Waals surface area contributed by atoms with Gasteiger partial charge in [0.1, 0.15) is 24.8 Å². The van der Waals surface area contributed by atoms with Gasteiger partial charge in [-0.3, -0.25) is 9.69 Å². The number of esters is 1. The molecule has 0 spiro atoms. The molecule has 41 heavy (non-hydrogen) atoms. The van der Waals surface area contributed by atoms with Crippen LogP contribution in [0.15, 0.2) is 24.3 Å². The highest BCUT2D eigenvalue weighted by Gasteiger charge is 2.47. The maximum atomic E-state index is 13.8. The summed E-state index contributed by atoms with van der Waals surface area (Å²) in [5, 5.41) is 2.67. The van der Waals surface area contributed by atoms with E-state index in [-0.39, 0.29) is 26.1 Å². The van der Waals surface area contributed by atoms with Gasteiger partial charge < -0.3 is 33.9 Å². The predicted octanol–water partition coefficient (Wildman–Crippen LogP) is 3.16. The Balaban J connectivity index is 1.61. The molecular formula is C29H39N3O9. The molecule has 3 aliphatic rings. The highest BCUT2D eigenvalue weighted by atomic mass is 16.6. The summed E-state index contributed by atoms with van der Waals surface area (Å²) in [6, 6.07) is 1.73. The van der Waals surface area contributed by atoms with Crippen molar-refractivity contribution in [2.24, 2.45) is 5.41 Å². The van der Waals surface area contributed by atoms with E-state index < -0.39 is 47.7 Å². The van der Waals surface area contributed by atoms with Crippen molar-refractivity contribution >= 4 is 24.1 Å². The van der Waals surface area contributed by atoms with Gasteiger partial charge in [0.25, 0.3) is 0 Å². The average molecular weight is 574 g/mol. The van der Waals surface area contributed by atoms with Gasteiger partial charge in [-0.1, -0.05) is 39.0 Å². The summed E-state index contributed by atoms with van der Waals surface area (Å²) in [5.74, 6) is 0.00805. The fraction of sp³-hybridized carbons (Fsp3) is 0.586. The monoisotopic (exact) mass is 573 g/mol. The number of methoxy groups -OCH3 is 2. The molecule has 1 aromatic rings. The standard InChI is InChI=1S/C29H39N3O9/c1-29(2,3)24-25(33)32-16-19(14-21(32)26(34)38-5)41-28(36)31-15-18-10-11-22(37-4)23(20(18)17-31)39-12-8-6-7-9-13-40-27(35)30-24/h6,8,10-11,19,21,24H,7,9,12-17H2,1-5H3,(H,30,35)/t19-,21?,24-/m1/s1. The fourth-order valence-corrected chi connectivity index (χ4v) is 5.23. The van der Waals surface area contributed by atoms with Crippen LogP contribution in [0.1, 0.15) is 51.2 Å². The fourth-order valence-electron chi connectivity index (χ4n) is 5.23. The van der Waals surface area contributed by atoms with E-state index in [1.165, 1.54) is 12.0 Å². The first-order valence-corrected chi connectivity index (χ1v) is 13.8. The molecule has 224 valence electrons. The van der Waals surface area contributed by atoms with Crippen LogP contribution in [0.25, 0.3) is 0 Å². The second-order valence-electron chi connectivity index (χ2n) is 11.4. The molecule has 1 unspecified atom stereocenters. The van der Waals surface area contributed by atoms with Crippen molar-refractivity contribution in [3.05, 3.63) is 35.4 Å². The maximum Gasteiger partial charge on any atom is 0.410 e. The number of carbonyl (C=O) groups is 4. The van der Waals surface area contributed by atoms with Crippen molar-refractivity contribution in [1.29, 1.82) is 0 Å². The number of benzene rings is 1. The van der Waals surface area contributed by atoms with Gasteiger partial charge in [0.05, 0.1) is 33.9 Å². The van der Waals surface area contributed by atoms with Crippen molar-refractivity contribution in [2.75, 3.05) is 34.0 Å². The van der Waals surface area contributed by atoms with Crippen molar-refractivity contribution in [2.45, 2.75) is 71.3 Å². The molecule has 0 saturated carbocycles. The van der Waals surface area contributed by atoms with E-state index in [0.29, 0.717) is 37.5 Å². The smallest absolute Gasteiger partial charge is 0.410 e. The molecule has 0 aliphatic carbocycles. The minimum atomic E-state index is -0.996. The molecule has 3 atom stereocenters. The molecule has 12 nitrogen and oxygen atoms in total. The maximum absolute atomic E-state index is 13.8. The number of carbonyl (C=O) groups excluding carboxylic acids is 4. The van der Waals surface area contributed by atoms with Crippen molar-refractivity contribution in [3.8, 4) is 11.5 Å². The number of amides is 3. The Morgan fingerprint density at radius 3 is 2.56 bits per heavy atom. The number of allylic oxidation sites excluding steroid dienone is 1. The number of fused-ring (bicyclic) bond motifs is 3. The predicted molar refractivity (Wildman–Crippen MR) is 146 cm³/mol. The van der Waals surface area contributed by atoms with Crippen LogP contribution < -0.4 is 14.8 Å². The lowest BCUT2D eigenvalue weighted by Crippen LogP contribution is -2.57. The van der Waals surface area contributed by atoms with Crippen LogP contribution in [-0.4, -0.2) is 86.0 Å². The van der Waals surface area contributed by atoms with E-state index in [9.17, 15) is 19.2 Å². The third kappa shape index (κ3) is 6.86. The van der Waals surface area contributed by atoms with E-state index in [2.05, 4.69) is 5.32 Å². The minimum Gasteiger partial charge on any atom is -0.493 e. The van der Waals surface area contributed by atoms with Crippen LogP contribution >= 0.6 is 0 Å². The van der Waals surface area contributed by atoms with Crippen LogP contribution in [0.3, 0.4) is 0 Å². The highest BCUT2D eigenvalue weighted by Crippen LogP contribution is 2.39. The van der Waals surface area contributed by atoms with Gasteiger partial charge in [-0.15, -0.1) is 0 Å². The van der Waals surface area contributed by atoms with Gasteiger partial charge in [-0.05, 0) is 29.9 Å². The Morgan fingerprint density at radius 1 is 1.07 bits per heavy atom. The van der Waals surface area contributed by atoms with Gasteiger partial charge >= 0.3 is 18.2 Å². The molecule has 12 heteroatoms. The Hall–Kier alpha value is -3.96. The summed E-state index contributed by atoms with van der Waals surface area (Å²) in [5.41, 5.74) is 1.05. The first kappa shape index (κ1) is 30.0. The summed E-state index contributed by atoms with van der Waals surface area (Å²) >= 11 is 0. The molecule has 3 aliphatic heterocycles. The Morgan fingerprint density at radius 2 is 1.85 bits per heavy atom. The molecule has 4 bridgehead atoms. The van der Waals surface area contributed by atoms with Crippen LogP contribution in [0, 0.1) is 5.41 Å². The molecule has 1 fully saturated rings. The summed E-state index contributed by atoms with van der Waals surface area (Å²) < 4.78 is 27.6. The van der Waals surface area contributed by atoms with E-state index in [0.717, 1.165) is 11.1 Å². The molecule has 3 amide bonds. The van der Waals surface area contributed by atoms with E-state index in [4.69, 9.17) is 23.7 Å². The number of nitrogens with one attached hydrogen (secondary N) is 1. The zero-order chi connectivity index (χ0) is 29.7. The zero-order valence-electron chi connectivity index (χ0n) is 24.3. The molecule has 1 saturated heterocycles. The Kier molecular flexibility index (Phi) is 9.29.